The van der Waals surface area contributed by atoms with Gasteiger partial charge in [-0.1, -0.05) is 11.6 Å². The molecular formula is C13H10ClF2N3O. The van der Waals surface area contributed by atoms with E-state index in [1.54, 1.807) is 6.92 Å². The van der Waals surface area contributed by atoms with Gasteiger partial charge in [0, 0.05) is 5.56 Å². The number of halogens is 3. The average Bonchev–Trinajstić information content (AvgIpc) is 2.42. The van der Waals surface area contributed by atoms with E-state index in [1.165, 1.54) is 12.1 Å². The van der Waals surface area contributed by atoms with Gasteiger partial charge in [0.05, 0.1) is 6.04 Å². The number of amides is 1. The van der Waals surface area contributed by atoms with Crippen molar-refractivity contribution in [2.45, 2.75) is 13.0 Å². The molecule has 0 bridgehead atoms. The van der Waals surface area contributed by atoms with Crippen LogP contribution in [0.2, 0.25) is 5.15 Å². The number of carbonyl (C=O) groups is 1. The van der Waals surface area contributed by atoms with Crippen molar-refractivity contribution in [2.75, 3.05) is 0 Å². The molecule has 1 N–H and O–H groups in total. The molecule has 0 fully saturated rings. The Bertz CT molecular complexity index is 634. The normalized spacial score (nSPS) is 12.0. The lowest BCUT2D eigenvalue weighted by atomic mass is 10.1. The second-order valence-corrected chi connectivity index (χ2v) is 4.49. The van der Waals surface area contributed by atoms with Crippen molar-refractivity contribution in [1.29, 1.82) is 0 Å². The monoisotopic (exact) mass is 297 g/mol. The molecule has 0 aliphatic heterocycles. The standard InChI is InChI=1S/C13H10ClF2N3O/c1-7(9-6-8(15)2-3-10(9)16)17-13(20)11-4-5-12(14)19-18-11/h2-7H,1H3,(H,17,20). The maximum absolute atomic E-state index is 13.6. The van der Waals surface area contributed by atoms with E-state index in [1.807, 2.05) is 0 Å². The van der Waals surface area contributed by atoms with Crippen LogP contribution in [-0.2, 0) is 0 Å². The van der Waals surface area contributed by atoms with Gasteiger partial charge in [0.15, 0.2) is 10.8 Å². The third-order valence-electron chi connectivity index (χ3n) is 2.64. The molecule has 0 saturated carbocycles. The summed E-state index contributed by atoms with van der Waals surface area (Å²) in [4.78, 5) is 11.9. The number of benzene rings is 1. The van der Waals surface area contributed by atoms with Gasteiger partial charge in [-0.25, -0.2) is 8.78 Å². The summed E-state index contributed by atoms with van der Waals surface area (Å²) in [6.07, 6.45) is 0. The predicted octanol–water partition coefficient (Wildman–Crippen LogP) is 2.90. The first-order valence-corrected chi connectivity index (χ1v) is 6.10. The fourth-order valence-corrected chi connectivity index (χ4v) is 1.73. The fraction of sp³-hybridized carbons (Fsp3) is 0.154. The van der Waals surface area contributed by atoms with Gasteiger partial charge in [0.2, 0.25) is 0 Å². The highest BCUT2D eigenvalue weighted by Crippen LogP contribution is 2.18. The molecule has 1 heterocycles. The molecule has 0 radical (unpaired) electrons. The smallest absolute Gasteiger partial charge is 0.272 e. The van der Waals surface area contributed by atoms with Crippen molar-refractivity contribution in [3.63, 3.8) is 0 Å². The highest BCUT2D eigenvalue weighted by molar-refractivity contribution is 6.29. The summed E-state index contributed by atoms with van der Waals surface area (Å²) < 4.78 is 26.7. The molecule has 0 aliphatic rings. The van der Waals surface area contributed by atoms with Crippen molar-refractivity contribution in [1.82, 2.24) is 15.5 Å². The summed E-state index contributed by atoms with van der Waals surface area (Å²) in [6, 6.07) is 5.15. The van der Waals surface area contributed by atoms with E-state index < -0.39 is 23.6 Å². The molecule has 2 rings (SSSR count). The van der Waals surface area contributed by atoms with Crippen molar-refractivity contribution in [2.24, 2.45) is 0 Å². The van der Waals surface area contributed by atoms with E-state index in [-0.39, 0.29) is 16.4 Å². The predicted molar refractivity (Wildman–Crippen MR) is 69.3 cm³/mol. The SMILES string of the molecule is CC(NC(=O)c1ccc(Cl)nn1)c1cc(F)ccc1F. The molecule has 0 spiro atoms. The highest BCUT2D eigenvalue weighted by atomic mass is 35.5. The van der Waals surface area contributed by atoms with Crippen LogP contribution in [0.1, 0.15) is 29.0 Å². The van der Waals surface area contributed by atoms with Crippen LogP contribution in [0.15, 0.2) is 30.3 Å². The van der Waals surface area contributed by atoms with Crippen LogP contribution < -0.4 is 5.32 Å². The van der Waals surface area contributed by atoms with Crippen LogP contribution >= 0.6 is 11.6 Å². The van der Waals surface area contributed by atoms with Gasteiger partial charge >= 0.3 is 0 Å². The average molecular weight is 298 g/mol. The Kier molecular flexibility index (Phi) is 4.24. The largest absolute Gasteiger partial charge is 0.344 e. The second kappa shape index (κ2) is 5.92. The summed E-state index contributed by atoms with van der Waals surface area (Å²) in [5, 5.41) is 9.80. The molecule has 0 aliphatic carbocycles. The van der Waals surface area contributed by atoms with Gasteiger partial charge in [0.25, 0.3) is 5.91 Å². The first-order chi connectivity index (χ1) is 9.47. The highest BCUT2D eigenvalue weighted by Gasteiger charge is 2.16. The lowest BCUT2D eigenvalue weighted by molar-refractivity contribution is 0.0933. The van der Waals surface area contributed by atoms with E-state index in [4.69, 9.17) is 11.6 Å². The maximum atomic E-state index is 13.6. The molecule has 0 saturated heterocycles. The van der Waals surface area contributed by atoms with Crippen LogP contribution in [0.3, 0.4) is 0 Å². The first kappa shape index (κ1) is 14.3. The molecule has 2 aromatic rings. The minimum atomic E-state index is -0.712. The molecule has 1 aromatic carbocycles. The molecule has 1 unspecified atom stereocenters. The van der Waals surface area contributed by atoms with Crippen LogP contribution in [0.5, 0.6) is 0 Å². The Morgan fingerprint density at radius 3 is 2.65 bits per heavy atom. The molecule has 1 aromatic heterocycles. The molecule has 20 heavy (non-hydrogen) atoms. The fourth-order valence-electron chi connectivity index (χ4n) is 1.63. The zero-order chi connectivity index (χ0) is 14.7. The van der Waals surface area contributed by atoms with E-state index in [0.29, 0.717) is 0 Å². The first-order valence-electron chi connectivity index (χ1n) is 5.72. The summed E-state index contributed by atoms with van der Waals surface area (Å²) in [5.41, 5.74) is 0.0957. The Balaban J connectivity index is 2.15. The van der Waals surface area contributed by atoms with Gasteiger partial charge in [-0.15, -0.1) is 10.2 Å². The van der Waals surface area contributed by atoms with Crippen LogP contribution in [0.25, 0.3) is 0 Å². The Hall–Kier alpha value is -2.08. The molecule has 104 valence electrons. The zero-order valence-corrected chi connectivity index (χ0v) is 11.2. The molecule has 1 atom stereocenters. The van der Waals surface area contributed by atoms with Gasteiger partial charge in [-0.3, -0.25) is 4.79 Å². The topological polar surface area (TPSA) is 54.9 Å². The number of nitrogens with zero attached hydrogens (tertiary/aromatic N) is 2. The second-order valence-electron chi connectivity index (χ2n) is 4.10. The van der Waals surface area contributed by atoms with Gasteiger partial charge < -0.3 is 5.32 Å². The summed E-state index contributed by atoms with van der Waals surface area (Å²) in [7, 11) is 0. The van der Waals surface area contributed by atoms with E-state index >= 15 is 0 Å². The minimum Gasteiger partial charge on any atom is -0.344 e. The third kappa shape index (κ3) is 3.27. The van der Waals surface area contributed by atoms with Crippen molar-refractivity contribution in [3.05, 3.63) is 58.4 Å². The molecule has 1 amide bonds. The van der Waals surface area contributed by atoms with Crippen molar-refractivity contribution >= 4 is 17.5 Å². The Labute approximate surface area is 118 Å². The number of hydrogen-bond acceptors (Lipinski definition) is 3. The molecule has 7 heteroatoms. The number of aromatic nitrogens is 2. The van der Waals surface area contributed by atoms with Crippen LogP contribution in [-0.4, -0.2) is 16.1 Å². The van der Waals surface area contributed by atoms with Crippen molar-refractivity contribution in [3.8, 4) is 0 Å². The summed E-state index contributed by atoms with van der Waals surface area (Å²) in [6.45, 7) is 1.54. The van der Waals surface area contributed by atoms with E-state index in [2.05, 4.69) is 15.5 Å². The summed E-state index contributed by atoms with van der Waals surface area (Å²) in [5.74, 6) is -1.72. The van der Waals surface area contributed by atoms with Crippen LogP contribution in [0.4, 0.5) is 8.78 Å². The molecule has 4 nitrogen and oxygen atoms in total. The summed E-state index contributed by atoms with van der Waals surface area (Å²) >= 11 is 5.56. The third-order valence-corrected chi connectivity index (χ3v) is 2.84. The lowest BCUT2D eigenvalue weighted by Crippen LogP contribution is -2.28. The molecular weight excluding hydrogens is 288 g/mol. The van der Waals surface area contributed by atoms with E-state index in [9.17, 15) is 13.6 Å². The van der Waals surface area contributed by atoms with Gasteiger partial charge in [-0.2, -0.15) is 0 Å². The Morgan fingerprint density at radius 2 is 2.00 bits per heavy atom. The van der Waals surface area contributed by atoms with Crippen LogP contribution in [0, 0.1) is 11.6 Å². The maximum Gasteiger partial charge on any atom is 0.272 e. The van der Waals surface area contributed by atoms with Gasteiger partial charge in [-0.05, 0) is 37.3 Å². The lowest BCUT2D eigenvalue weighted by Gasteiger charge is -2.14. The number of hydrogen-bond donors (Lipinski definition) is 1. The van der Waals surface area contributed by atoms with E-state index in [0.717, 1.165) is 18.2 Å². The van der Waals surface area contributed by atoms with Gasteiger partial charge in [0.1, 0.15) is 11.6 Å². The minimum absolute atomic E-state index is 0.0399. The number of nitrogens with one attached hydrogen (secondary N) is 1. The number of carbonyl (C=O) groups excluding carboxylic acids is 1. The zero-order valence-electron chi connectivity index (χ0n) is 10.4. The van der Waals surface area contributed by atoms with Crippen molar-refractivity contribution < 1.29 is 13.6 Å². The Morgan fingerprint density at radius 1 is 1.25 bits per heavy atom. The quantitative estimate of drug-likeness (QED) is 0.948. The number of rotatable bonds is 3.